The minimum atomic E-state index is -3.29. The van der Waals surface area contributed by atoms with Crippen molar-refractivity contribution >= 4 is 15.7 Å². The summed E-state index contributed by atoms with van der Waals surface area (Å²) in [5.41, 5.74) is 0.473. The highest BCUT2D eigenvalue weighted by Gasteiger charge is 2.31. The lowest BCUT2D eigenvalue weighted by atomic mass is 10.1. The van der Waals surface area contributed by atoms with Crippen LogP contribution in [-0.2, 0) is 9.84 Å². The SMILES string of the molecule is CS(=O)(=O)c1cccc(C(=O)N2CCC[C@H]2CN2CCCC2)c1. The van der Waals surface area contributed by atoms with Gasteiger partial charge in [-0.1, -0.05) is 6.07 Å². The van der Waals surface area contributed by atoms with Crippen LogP contribution in [-0.4, -0.2) is 62.6 Å². The molecule has 2 heterocycles. The Morgan fingerprint density at radius 2 is 1.91 bits per heavy atom. The number of carbonyl (C=O) groups excluding carboxylic acids is 1. The molecule has 2 aliphatic rings. The molecule has 0 bridgehead atoms. The van der Waals surface area contributed by atoms with Crippen molar-refractivity contribution in [3.8, 4) is 0 Å². The second-order valence-electron chi connectivity index (χ2n) is 6.60. The molecule has 1 aromatic carbocycles. The maximum Gasteiger partial charge on any atom is 0.254 e. The number of nitrogens with zero attached hydrogens (tertiary/aromatic N) is 2. The van der Waals surface area contributed by atoms with Gasteiger partial charge < -0.3 is 9.80 Å². The maximum absolute atomic E-state index is 12.8. The lowest BCUT2D eigenvalue weighted by Crippen LogP contribution is -2.42. The molecule has 126 valence electrons. The van der Waals surface area contributed by atoms with Crippen molar-refractivity contribution in [2.45, 2.75) is 36.6 Å². The number of hydrogen-bond donors (Lipinski definition) is 0. The van der Waals surface area contributed by atoms with E-state index in [0.717, 1.165) is 39.0 Å². The zero-order valence-corrected chi connectivity index (χ0v) is 14.4. The summed E-state index contributed by atoms with van der Waals surface area (Å²) < 4.78 is 23.4. The minimum absolute atomic E-state index is 0.0443. The molecule has 2 fully saturated rings. The average Bonchev–Trinajstić information content (AvgIpc) is 3.18. The van der Waals surface area contributed by atoms with Gasteiger partial charge in [0, 0.05) is 31.0 Å². The van der Waals surface area contributed by atoms with Gasteiger partial charge in [0.25, 0.3) is 5.91 Å². The molecule has 23 heavy (non-hydrogen) atoms. The van der Waals surface area contributed by atoms with Crippen LogP contribution in [0.25, 0.3) is 0 Å². The molecule has 0 spiro atoms. The van der Waals surface area contributed by atoms with E-state index in [4.69, 9.17) is 0 Å². The molecule has 0 radical (unpaired) electrons. The molecule has 0 aromatic heterocycles. The molecule has 2 aliphatic heterocycles. The van der Waals surface area contributed by atoms with Gasteiger partial charge in [0.15, 0.2) is 9.84 Å². The molecule has 5 nitrogen and oxygen atoms in total. The molecule has 1 aromatic rings. The smallest absolute Gasteiger partial charge is 0.254 e. The monoisotopic (exact) mass is 336 g/mol. The first-order chi connectivity index (χ1) is 10.9. The third kappa shape index (κ3) is 3.75. The van der Waals surface area contributed by atoms with E-state index in [1.54, 1.807) is 12.1 Å². The van der Waals surface area contributed by atoms with Crippen LogP contribution in [0.5, 0.6) is 0 Å². The van der Waals surface area contributed by atoms with Crippen LogP contribution in [0.3, 0.4) is 0 Å². The van der Waals surface area contributed by atoms with Crippen LogP contribution < -0.4 is 0 Å². The zero-order chi connectivity index (χ0) is 16.4. The summed E-state index contributed by atoms with van der Waals surface area (Å²) in [4.78, 5) is 17.4. The van der Waals surface area contributed by atoms with E-state index in [-0.39, 0.29) is 16.8 Å². The second kappa shape index (κ2) is 6.61. The van der Waals surface area contributed by atoms with Crippen molar-refractivity contribution < 1.29 is 13.2 Å². The van der Waals surface area contributed by atoms with Crippen molar-refractivity contribution in [3.63, 3.8) is 0 Å². The molecule has 6 heteroatoms. The summed E-state index contributed by atoms with van der Waals surface area (Å²) in [6, 6.07) is 6.65. The van der Waals surface area contributed by atoms with Gasteiger partial charge in [0.2, 0.25) is 0 Å². The standard InChI is InChI=1S/C17H24N2O3S/c1-23(21,22)16-8-4-6-14(12-16)17(20)19-11-5-7-15(19)13-18-9-2-3-10-18/h4,6,8,12,15H,2-3,5,7,9-11,13H2,1H3/t15-/m0/s1. The normalized spacial score (nSPS) is 22.7. The Balaban J connectivity index is 1.76. The van der Waals surface area contributed by atoms with Crippen LogP contribution in [0.1, 0.15) is 36.0 Å². The Morgan fingerprint density at radius 3 is 2.61 bits per heavy atom. The maximum atomic E-state index is 12.8. The molecule has 2 saturated heterocycles. The van der Waals surface area contributed by atoms with Crippen molar-refractivity contribution in [1.82, 2.24) is 9.80 Å². The molecule has 1 amide bonds. The van der Waals surface area contributed by atoms with Crippen LogP contribution in [0.4, 0.5) is 0 Å². The average molecular weight is 336 g/mol. The van der Waals surface area contributed by atoms with Crippen LogP contribution in [0.2, 0.25) is 0 Å². The minimum Gasteiger partial charge on any atom is -0.334 e. The van der Waals surface area contributed by atoms with E-state index in [9.17, 15) is 13.2 Å². The second-order valence-corrected chi connectivity index (χ2v) is 8.62. The summed E-state index contributed by atoms with van der Waals surface area (Å²) in [6.45, 7) is 3.96. The predicted octanol–water partition coefficient (Wildman–Crippen LogP) is 1.79. The molecule has 0 N–H and O–H groups in total. The van der Waals surface area contributed by atoms with Crippen LogP contribution in [0.15, 0.2) is 29.2 Å². The number of likely N-dealkylation sites (tertiary alicyclic amines) is 2. The van der Waals surface area contributed by atoms with Gasteiger partial charge in [-0.15, -0.1) is 0 Å². The zero-order valence-electron chi connectivity index (χ0n) is 13.6. The van der Waals surface area contributed by atoms with Crippen molar-refractivity contribution in [1.29, 1.82) is 0 Å². The van der Waals surface area contributed by atoms with Crippen molar-refractivity contribution in [2.75, 3.05) is 32.4 Å². The van der Waals surface area contributed by atoms with E-state index >= 15 is 0 Å². The third-order valence-corrected chi connectivity index (χ3v) is 5.93. The van der Waals surface area contributed by atoms with Gasteiger partial charge in [-0.05, 0) is 57.0 Å². The Hall–Kier alpha value is -1.40. The first-order valence-corrected chi connectivity index (χ1v) is 10.2. The molecule has 3 rings (SSSR count). The number of hydrogen-bond acceptors (Lipinski definition) is 4. The van der Waals surface area contributed by atoms with Gasteiger partial charge in [-0.25, -0.2) is 8.42 Å². The highest BCUT2D eigenvalue weighted by atomic mass is 32.2. The van der Waals surface area contributed by atoms with Crippen LogP contribution >= 0.6 is 0 Å². The molecule has 1 atom stereocenters. The predicted molar refractivity (Wildman–Crippen MR) is 89.3 cm³/mol. The summed E-state index contributed by atoms with van der Waals surface area (Å²) in [6.07, 6.45) is 5.72. The molecule has 0 aliphatic carbocycles. The Kier molecular flexibility index (Phi) is 4.73. The largest absolute Gasteiger partial charge is 0.334 e. The molecular weight excluding hydrogens is 312 g/mol. The summed E-state index contributed by atoms with van der Waals surface area (Å²) in [5, 5.41) is 0. The third-order valence-electron chi connectivity index (χ3n) is 4.81. The van der Waals surface area contributed by atoms with E-state index in [1.807, 2.05) is 4.90 Å². The number of carbonyl (C=O) groups is 1. The number of amides is 1. The fourth-order valence-electron chi connectivity index (χ4n) is 3.58. The fourth-order valence-corrected chi connectivity index (χ4v) is 4.25. The van der Waals surface area contributed by atoms with Crippen molar-refractivity contribution in [3.05, 3.63) is 29.8 Å². The Morgan fingerprint density at radius 1 is 1.17 bits per heavy atom. The first kappa shape index (κ1) is 16.5. The summed E-state index contributed by atoms with van der Waals surface area (Å²) in [7, 11) is -3.29. The lowest BCUT2D eigenvalue weighted by Gasteiger charge is -2.28. The number of rotatable bonds is 4. The summed E-state index contributed by atoms with van der Waals surface area (Å²) >= 11 is 0. The number of benzene rings is 1. The molecular formula is C17H24N2O3S. The molecule has 0 unspecified atom stereocenters. The Labute approximate surface area is 138 Å². The first-order valence-electron chi connectivity index (χ1n) is 8.28. The molecule has 0 saturated carbocycles. The van der Waals surface area contributed by atoms with Gasteiger partial charge in [0.05, 0.1) is 4.90 Å². The van der Waals surface area contributed by atoms with Crippen molar-refractivity contribution in [2.24, 2.45) is 0 Å². The van der Waals surface area contributed by atoms with E-state index in [1.165, 1.54) is 31.2 Å². The Bertz CT molecular complexity index is 681. The highest BCUT2D eigenvalue weighted by molar-refractivity contribution is 7.90. The topological polar surface area (TPSA) is 57.7 Å². The lowest BCUT2D eigenvalue weighted by molar-refractivity contribution is 0.0708. The van der Waals surface area contributed by atoms with Crippen LogP contribution in [0, 0.1) is 0 Å². The van der Waals surface area contributed by atoms with Gasteiger partial charge in [-0.3, -0.25) is 4.79 Å². The van der Waals surface area contributed by atoms with E-state index < -0.39 is 9.84 Å². The number of sulfone groups is 1. The fraction of sp³-hybridized carbons (Fsp3) is 0.588. The van der Waals surface area contributed by atoms with Gasteiger partial charge in [-0.2, -0.15) is 0 Å². The highest BCUT2D eigenvalue weighted by Crippen LogP contribution is 2.23. The van der Waals surface area contributed by atoms with E-state index in [0.29, 0.717) is 5.56 Å². The van der Waals surface area contributed by atoms with E-state index in [2.05, 4.69) is 4.90 Å². The quantitative estimate of drug-likeness (QED) is 0.841. The van der Waals surface area contributed by atoms with Gasteiger partial charge in [0.1, 0.15) is 0 Å². The van der Waals surface area contributed by atoms with Gasteiger partial charge >= 0.3 is 0 Å². The summed E-state index contributed by atoms with van der Waals surface area (Å²) in [5.74, 6) is -0.0443.